The molecule has 1 heterocycles. The summed E-state index contributed by atoms with van der Waals surface area (Å²) < 4.78 is 25.3. The molecule has 0 spiro atoms. The molecule has 5 nitrogen and oxygen atoms in total. The quantitative estimate of drug-likeness (QED) is 0.875. The van der Waals surface area contributed by atoms with Crippen molar-refractivity contribution in [2.45, 2.75) is 32.7 Å². The van der Waals surface area contributed by atoms with Gasteiger partial charge < -0.3 is 5.32 Å². The molecule has 0 saturated heterocycles. The smallest absolute Gasteiger partial charge is 0.234 e. The van der Waals surface area contributed by atoms with Gasteiger partial charge in [0.15, 0.2) is 0 Å². The highest BCUT2D eigenvalue weighted by atomic mass is 32.2. The highest BCUT2D eigenvalue weighted by molar-refractivity contribution is 7.89. The maximum Gasteiger partial charge on any atom is 0.234 e. The van der Waals surface area contributed by atoms with Crippen molar-refractivity contribution in [1.82, 2.24) is 4.72 Å². The van der Waals surface area contributed by atoms with E-state index in [1.165, 1.54) is 0 Å². The van der Waals surface area contributed by atoms with E-state index in [2.05, 4.69) is 10.0 Å². The highest BCUT2D eigenvalue weighted by Gasteiger charge is 2.38. The lowest BCUT2D eigenvalue weighted by atomic mass is 9.85. The number of hydrogen-bond donors (Lipinski definition) is 2. The third kappa shape index (κ3) is 2.64. The van der Waals surface area contributed by atoms with E-state index in [4.69, 9.17) is 0 Å². The third-order valence-electron chi connectivity index (χ3n) is 3.45. The van der Waals surface area contributed by atoms with E-state index >= 15 is 0 Å². The van der Waals surface area contributed by atoms with Gasteiger partial charge in [0.2, 0.25) is 15.9 Å². The molecule has 1 aliphatic rings. The Morgan fingerprint density at radius 1 is 1.32 bits per heavy atom. The molecule has 1 aliphatic heterocycles. The average molecular weight is 282 g/mol. The molecule has 1 aromatic carbocycles. The molecule has 19 heavy (non-hydrogen) atoms. The molecule has 0 saturated carbocycles. The zero-order chi connectivity index (χ0) is 14.3. The summed E-state index contributed by atoms with van der Waals surface area (Å²) in [5.41, 5.74) is 1.98. The molecular weight excluding hydrogens is 264 g/mol. The van der Waals surface area contributed by atoms with E-state index in [-0.39, 0.29) is 18.2 Å². The van der Waals surface area contributed by atoms with Crippen LogP contribution in [0, 0.1) is 0 Å². The van der Waals surface area contributed by atoms with Crippen LogP contribution >= 0.6 is 0 Å². The molecule has 2 N–H and O–H groups in total. The summed E-state index contributed by atoms with van der Waals surface area (Å²) in [5.74, 6) is 0.0255. The molecule has 2 rings (SSSR count). The van der Waals surface area contributed by atoms with Crippen LogP contribution in [0.25, 0.3) is 0 Å². The van der Waals surface area contributed by atoms with Crippen LogP contribution < -0.4 is 10.0 Å². The van der Waals surface area contributed by atoms with E-state index in [9.17, 15) is 13.2 Å². The van der Waals surface area contributed by atoms with Crippen molar-refractivity contribution in [2.24, 2.45) is 0 Å². The number of carbonyl (C=O) groups excluding carboxylic acids is 1. The Bertz CT molecular complexity index is 621. The lowest BCUT2D eigenvalue weighted by Crippen LogP contribution is -2.27. The van der Waals surface area contributed by atoms with Gasteiger partial charge >= 0.3 is 0 Å². The first-order valence-corrected chi connectivity index (χ1v) is 7.83. The molecule has 1 amide bonds. The summed E-state index contributed by atoms with van der Waals surface area (Å²) >= 11 is 0. The minimum atomic E-state index is -3.20. The third-order valence-corrected chi connectivity index (χ3v) is 4.79. The molecule has 0 radical (unpaired) electrons. The number of fused-ring (bicyclic) bond motifs is 1. The fourth-order valence-corrected chi connectivity index (χ4v) is 2.61. The van der Waals surface area contributed by atoms with Crippen LogP contribution in [0.1, 0.15) is 31.9 Å². The Kier molecular flexibility index (Phi) is 3.40. The van der Waals surface area contributed by atoms with Crippen LogP contribution in [0.5, 0.6) is 0 Å². The van der Waals surface area contributed by atoms with Crippen LogP contribution in [-0.4, -0.2) is 20.1 Å². The van der Waals surface area contributed by atoms with Crippen LogP contribution in [0.4, 0.5) is 5.69 Å². The molecule has 1 aromatic rings. The highest BCUT2D eigenvalue weighted by Crippen LogP contribution is 2.37. The van der Waals surface area contributed by atoms with Crippen LogP contribution in [0.2, 0.25) is 0 Å². The number of hydrogen-bond acceptors (Lipinski definition) is 3. The molecule has 0 aromatic heterocycles. The Morgan fingerprint density at radius 3 is 2.63 bits per heavy atom. The summed E-state index contributed by atoms with van der Waals surface area (Å²) in [6.45, 7) is 5.55. The second-order valence-corrected chi connectivity index (χ2v) is 7.28. The Labute approximate surface area is 113 Å². The predicted molar refractivity (Wildman–Crippen MR) is 74.4 cm³/mol. The molecule has 0 fully saturated rings. The average Bonchev–Trinajstić information content (AvgIpc) is 2.58. The van der Waals surface area contributed by atoms with Crippen LogP contribution in [0.3, 0.4) is 0 Å². The molecule has 0 bridgehead atoms. The summed E-state index contributed by atoms with van der Waals surface area (Å²) in [6.07, 6.45) is 0. The molecule has 0 atom stereocenters. The summed E-state index contributed by atoms with van der Waals surface area (Å²) in [5, 5.41) is 2.82. The van der Waals surface area contributed by atoms with Gasteiger partial charge in [0.1, 0.15) is 0 Å². The SMILES string of the molecule is CCS(=O)(=O)NCc1ccc2c(c1)C(C)(C)C(=O)N2. The van der Waals surface area contributed by atoms with Gasteiger partial charge in [0.05, 0.1) is 11.2 Å². The van der Waals surface area contributed by atoms with Crippen molar-refractivity contribution in [3.63, 3.8) is 0 Å². The largest absolute Gasteiger partial charge is 0.325 e. The molecular formula is C13H18N2O3S. The van der Waals surface area contributed by atoms with Gasteiger partial charge in [-0.1, -0.05) is 12.1 Å². The Morgan fingerprint density at radius 2 is 2.00 bits per heavy atom. The second kappa shape index (κ2) is 4.61. The van der Waals surface area contributed by atoms with E-state index in [1.54, 1.807) is 6.92 Å². The Hall–Kier alpha value is -1.40. The predicted octanol–water partition coefficient (Wildman–Crippen LogP) is 1.36. The summed E-state index contributed by atoms with van der Waals surface area (Å²) in [4.78, 5) is 11.8. The van der Waals surface area contributed by atoms with E-state index < -0.39 is 15.4 Å². The maximum atomic E-state index is 11.8. The number of carbonyl (C=O) groups is 1. The van der Waals surface area contributed by atoms with E-state index in [0.29, 0.717) is 0 Å². The van der Waals surface area contributed by atoms with Gasteiger partial charge in [-0.15, -0.1) is 0 Å². The van der Waals surface area contributed by atoms with E-state index in [1.807, 2.05) is 32.0 Å². The fraction of sp³-hybridized carbons (Fsp3) is 0.462. The van der Waals surface area contributed by atoms with Gasteiger partial charge in [-0.2, -0.15) is 0 Å². The monoisotopic (exact) mass is 282 g/mol. The minimum absolute atomic E-state index is 0.0335. The fourth-order valence-electron chi connectivity index (χ4n) is 2.02. The number of sulfonamides is 1. The first kappa shape index (κ1) is 14.0. The van der Waals surface area contributed by atoms with Gasteiger partial charge in [-0.3, -0.25) is 4.79 Å². The number of amides is 1. The summed E-state index contributed by atoms with van der Waals surface area (Å²) in [7, 11) is -3.20. The zero-order valence-corrected chi connectivity index (χ0v) is 12.1. The topological polar surface area (TPSA) is 75.3 Å². The van der Waals surface area contributed by atoms with Crippen LogP contribution in [-0.2, 0) is 26.8 Å². The number of nitrogens with one attached hydrogen (secondary N) is 2. The standard InChI is InChI=1S/C13H18N2O3S/c1-4-19(17,18)14-8-9-5-6-11-10(7-9)13(2,3)12(16)15-11/h5-7,14H,4,8H2,1-3H3,(H,15,16). The number of rotatable bonds is 4. The normalized spacial score (nSPS) is 17.1. The lowest BCUT2D eigenvalue weighted by molar-refractivity contribution is -0.119. The minimum Gasteiger partial charge on any atom is -0.325 e. The van der Waals surface area contributed by atoms with Crippen molar-refractivity contribution in [3.05, 3.63) is 29.3 Å². The first-order chi connectivity index (χ1) is 8.76. The van der Waals surface area contributed by atoms with Crippen molar-refractivity contribution in [1.29, 1.82) is 0 Å². The Balaban J connectivity index is 2.24. The van der Waals surface area contributed by atoms with Gasteiger partial charge in [0, 0.05) is 12.2 Å². The van der Waals surface area contributed by atoms with Gasteiger partial charge in [0.25, 0.3) is 0 Å². The zero-order valence-electron chi connectivity index (χ0n) is 11.3. The first-order valence-electron chi connectivity index (χ1n) is 6.18. The van der Waals surface area contributed by atoms with Gasteiger partial charge in [-0.25, -0.2) is 13.1 Å². The van der Waals surface area contributed by atoms with Gasteiger partial charge in [-0.05, 0) is 38.0 Å². The van der Waals surface area contributed by atoms with Crippen molar-refractivity contribution >= 4 is 21.6 Å². The molecule has 6 heteroatoms. The number of benzene rings is 1. The van der Waals surface area contributed by atoms with Crippen LogP contribution in [0.15, 0.2) is 18.2 Å². The number of anilines is 1. The van der Waals surface area contributed by atoms with Crippen molar-refractivity contribution in [2.75, 3.05) is 11.1 Å². The van der Waals surface area contributed by atoms with E-state index in [0.717, 1.165) is 16.8 Å². The van der Waals surface area contributed by atoms with Crippen molar-refractivity contribution < 1.29 is 13.2 Å². The molecule has 0 aliphatic carbocycles. The van der Waals surface area contributed by atoms with Crippen molar-refractivity contribution in [3.8, 4) is 0 Å². The maximum absolute atomic E-state index is 11.8. The molecule has 104 valence electrons. The second-order valence-electron chi connectivity index (χ2n) is 5.18. The molecule has 0 unspecified atom stereocenters. The summed E-state index contributed by atoms with van der Waals surface area (Å²) in [6, 6.07) is 5.52. The lowest BCUT2D eigenvalue weighted by Gasteiger charge is -2.16.